The third kappa shape index (κ3) is 3.65. The third-order valence-corrected chi connectivity index (χ3v) is 5.09. The zero-order valence-corrected chi connectivity index (χ0v) is 13.2. The van der Waals surface area contributed by atoms with Crippen molar-refractivity contribution in [1.29, 1.82) is 0 Å². The highest BCUT2D eigenvalue weighted by atomic mass is 32.2. The highest BCUT2D eigenvalue weighted by molar-refractivity contribution is 7.89. The minimum Gasteiger partial charge on any atom is -0.469 e. The number of nitrogens with two attached hydrogens (primary N) is 1. The van der Waals surface area contributed by atoms with Crippen LogP contribution in [-0.2, 0) is 16.4 Å². The number of sulfonamides is 1. The van der Waals surface area contributed by atoms with E-state index in [1.807, 2.05) is 13.0 Å². The Morgan fingerprint density at radius 2 is 1.90 bits per heavy atom. The number of nitrogen functional groups attached to an aromatic ring is 1. The molecule has 5 nitrogen and oxygen atoms in total. The maximum absolute atomic E-state index is 12.5. The molecule has 114 valence electrons. The summed E-state index contributed by atoms with van der Waals surface area (Å²) in [5.41, 5.74) is 7.59. The van der Waals surface area contributed by atoms with Crippen molar-refractivity contribution in [1.82, 2.24) is 4.72 Å². The van der Waals surface area contributed by atoms with Crippen LogP contribution in [0.2, 0.25) is 0 Å². The minimum atomic E-state index is -3.59. The molecule has 0 aliphatic rings. The topological polar surface area (TPSA) is 85.3 Å². The van der Waals surface area contributed by atoms with Gasteiger partial charge in [-0.15, -0.1) is 0 Å². The highest BCUT2D eigenvalue weighted by Crippen LogP contribution is 2.23. The predicted octanol–water partition coefficient (Wildman–Crippen LogP) is 2.39. The summed E-state index contributed by atoms with van der Waals surface area (Å²) in [6.45, 7) is 5.30. The Morgan fingerprint density at radius 3 is 2.43 bits per heavy atom. The summed E-state index contributed by atoms with van der Waals surface area (Å²) < 4.78 is 33.0. The SMILES string of the molecule is Cc1cc(N)cc(C)c1S(=O)(=O)NC(C)Cc1ccco1. The zero-order chi connectivity index (χ0) is 15.6. The van der Waals surface area contributed by atoms with Crippen LogP contribution in [0, 0.1) is 13.8 Å². The van der Waals surface area contributed by atoms with Gasteiger partial charge < -0.3 is 10.2 Å². The van der Waals surface area contributed by atoms with Crippen molar-refractivity contribution in [2.45, 2.75) is 38.1 Å². The highest BCUT2D eigenvalue weighted by Gasteiger charge is 2.22. The van der Waals surface area contributed by atoms with Crippen LogP contribution in [0.4, 0.5) is 5.69 Å². The van der Waals surface area contributed by atoms with Gasteiger partial charge in [0, 0.05) is 18.2 Å². The molecule has 0 aliphatic carbocycles. The van der Waals surface area contributed by atoms with Crippen LogP contribution in [0.3, 0.4) is 0 Å². The maximum atomic E-state index is 12.5. The second-order valence-corrected chi connectivity index (χ2v) is 6.94. The van der Waals surface area contributed by atoms with Gasteiger partial charge in [0.2, 0.25) is 10.0 Å². The summed E-state index contributed by atoms with van der Waals surface area (Å²) in [5, 5.41) is 0. The fraction of sp³-hybridized carbons (Fsp3) is 0.333. The summed E-state index contributed by atoms with van der Waals surface area (Å²) in [4.78, 5) is 0.294. The summed E-state index contributed by atoms with van der Waals surface area (Å²) in [5.74, 6) is 0.746. The van der Waals surface area contributed by atoms with Gasteiger partial charge in [-0.3, -0.25) is 0 Å². The van der Waals surface area contributed by atoms with Gasteiger partial charge in [0.25, 0.3) is 0 Å². The third-order valence-electron chi connectivity index (χ3n) is 3.20. The van der Waals surface area contributed by atoms with E-state index in [9.17, 15) is 8.42 Å². The van der Waals surface area contributed by atoms with Crippen molar-refractivity contribution in [3.8, 4) is 0 Å². The number of rotatable bonds is 5. The molecule has 0 amide bonds. The standard InChI is InChI=1S/C15H20N2O3S/c1-10-7-13(16)8-11(2)15(10)21(18,19)17-12(3)9-14-5-4-6-20-14/h4-8,12,17H,9,16H2,1-3H3. The van der Waals surface area contributed by atoms with Crippen molar-refractivity contribution in [3.63, 3.8) is 0 Å². The van der Waals surface area contributed by atoms with Crippen molar-refractivity contribution in [3.05, 3.63) is 47.4 Å². The molecular formula is C15H20N2O3S. The number of furan rings is 1. The number of nitrogens with one attached hydrogen (secondary N) is 1. The lowest BCUT2D eigenvalue weighted by atomic mass is 10.1. The van der Waals surface area contributed by atoms with Gasteiger partial charge >= 0.3 is 0 Å². The molecule has 1 heterocycles. The Bertz CT molecular complexity index is 698. The molecule has 0 bridgehead atoms. The van der Waals surface area contributed by atoms with Crippen LogP contribution < -0.4 is 10.5 Å². The number of benzene rings is 1. The molecule has 1 aromatic carbocycles. The van der Waals surface area contributed by atoms with Crippen LogP contribution in [0.25, 0.3) is 0 Å². The lowest BCUT2D eigenvalue weighted by Gasteiger charge is -2.16. The van der Waals surface area contributed by atoms with E-state index in [0.717, 1.165) is 5.76 Å². The molecule has 3 N–H and O–H groups in total. The van der Waals surface area contributed by atoms with Crippen LogP contribution in [0.5, 0.6) is 0 Å². The van der Waals surface area contributed by atoms with Gasteiger partial charge in [-0.05, 0) is 56.2 Å². The molecule has 21 heavy (non-hydrogen) atoms. The first-order valence-corrected chi connectivity index (χ1v) is 8.19. The van der Waals surface area contributed by atoms with Crippen LogP contribution in [-0.4, -0.2) is 14.5 Å². The monoisotopic (exact) mass is 308 g/mol. The first-order valence-electron chi connectivity index (χ1n) is 6.71. The van der Waals surface area contributed by atoms with E-state index in [1.54, 1.807) is 38.3 Å². The number of anilines is 1. The van der Waals surface area contributed by atoms with Gasteiger partial charge in [-0.2, -0.15) is 0 Å². The maximum Gasteiger partial charge on any atom is 0.241 e. The Kier molecular flexibility index (Phi) is 4.39. The van der Waals surface area contributed by atoms with E-state index in [2.05, 4.69) is 4.72 Å². The Hall–Kier alpha value is -1.79. The second kappa shape index (κ2) is 5.91. The molecule has 0 aliphatic heterocycles. The van der Waals surface area contributed by atoms with Crippen LogP contribution in [0.15, 0.2) is 39.8 Å². The number of hydrogen-bond acceptors (Lipinski definition) is 4. The first-order chi connectivity index (χ1) is 9.79. The minimum absolute atomic E-state index is 0.266. The molecular weight excluding hydrogens is 288 g/mol. The number of hydrogen-bond donors (Lipinski definition) is 2. The normalized spacial score (nSPS) is 13.3. The lowest BCUT2D eigenvalue weighted by Crippen LogP contribution is -2.34. The first kappa shape index (κ1) is 15.6. The average Bonchev–Trinajstić information content (AvgIpc) is 2.78. The molecule has 6 heteroatoms. The molecule has 0 saturated heterocycles. The van der Waals surface area contributed by atoms with Gasteiger partial charge in [0.1, 0.15) is 5.76 Å². The van der Waals surface area contributed by atoms with Crippen molar-refractivity contribution < 1.29 is 12.8 Å². The summed E-state index contributed by atoms with van der Waals surface area (Å²) >= 11 is 0. The zero-order valence-electron chi connectivity index (χ0n) is 12.4. The van der Waals surface area contributed by atoms with E-state index in [-0.39, 0.29) is 6.04 Å². The van der Waals surface area contributed by atoms with Crippen molar-refractivity contribution >= 4 is 15.7 Å². The fourth-order valence-electron chi connectivity index (χ4n) is 2.50. The largest absolute Gasteiger partial charge is 0.469 e. The molecule has 2 rings (SSSR count). The quantitative estimate of drug-likeness (QED) is 0.831. The summed E-state index contributed by atoms with van der Waals surface area (Å²) in [7, 11) is -3.59. The number of aryl methyl sites for hydroxylation is 2. The Labute approximate surface area is 125 Å². The fourth-order valence-corrected chi connectivity index (χ4v) is 4.20. The van der Waals surface area contributed by atoms with E-state index in [1.165, 1.54) is 0 Å². The lowest BCUT2D eigenvalue weighted by molar-refractivity contribution is 0.479. The van der Waals surface area contributed by atoms with E-state index in [0.29, 0.717) is 28.1 Å². The Balaban J connectivity index is 2.22. The summed E-state index contributed by atoms with van der Waals surface area (Å²) in [6, 6.07) is 6.67. The molecule has 1 aromatic heterocycles. The second-order valence-electron chi connectivity index (χ2n) is 5.29. The van der Waals surface area contributed by atoms with Gasteiger partial charge in [0.15, 0.2) is 0 Å². The van der Waals surface area contributed by atoms with Gasteiger partial charge in [-0.1, -0.05) is 0 Å². The molecule has 0 fully saturated rings. The van der Waals surface area contributed by atoms with E-state index in [4.69, 9.17) is 10.2 Å². The Morgan fingerprint density at radius 1 is 1.29 bits per heavy atom. The van der Waals surface area contributed by atoms with Gasteiger partial charge in [0.05, 0.1) is 11.2 Å². The summed E-state index contributed by atoms with van der Waals surface area (Å²) in [6.07, 6.45) is 2.07. The molecule has 0 radical (unpaired) electrons. The van der Waals surface area contributed by atoms with Gasteiger partial charge in [-0.25, -0.2) is 13.1 Å². The molecule has 0 spiro atoms. The van der Waals surface area contributed by atoms with E-state index >= 15 is 0 Å². The predicted molar refractivity (Wildman–Crippen MR) is 82.5 cm³/mol. The average molecular weight is 308 g/mol. The molecule has 2 aromatic rings. The molecule has 0 saturated carbocycles. The van der Waals surface area contributed by atoms with E-state index < -0.39 is 10.0 Å². The smallest absolute Gasteiger partial charge is 0.241 e. The van der Waals surface area contributed by atoms with Crippen molar-refractivity contribution in [2.75, 3.05) is 5.73 Å². The molecule has 1 atom stereocenters. The molecule has 1 unspecified atom stereocenters. The van der Waals surface area contributed by atoms with Crippen LogP contribution >= 0.6 is 0 Å². The van der Waals surface area contributed by atoms with Crippen LogP contribution in [0.1, 0.15) is 23.8 Å². The van der Waals surface area contributed by atoms with Crippen molar-refractivity contribution in [2.24, 2.45) is 0 Å².